The molecular formula is C23H26N2O3S. The van der Waals surface area contributed by atoms with E-state index in [2.05, 4.69) is 26.0 Å². The number of rotatable bonds is 6. The van der Waals surface area contributed by atoms with Crippen LogP contribution in [0.2, 0.25) is 0 Å². The van der Waals surface area contributed by atoms with E-state index >= 15 is 0 Å². The van der Waals surface area contributed by atoms with Gasteiger partial charge in [0.05, 0.1) is 36.4 Å². The number of methoxy groups -OCH3 is 1. The van der Waals surface area contributed by atoms with Crippen LogP contribution in [0.15, 0.2) is 36.4 Å². The third kappa shape index (κ3) is 4.28. The van der Waals surface area contributed by atoms with Gasteiger partial charge >= 0.3 is 0 Å². The molecule has 0 unspecified atom stereocenters. The summed E-state index contributed by atoms with van der Waals surface area (Å²) in [4.78, 5) is 20.0. The third-order valence-electron chi connectivity index (χ3n) is 5.53. The number of benzene rings is 2. The quantitative estimate of drug-likeness (QED) is 0.592. The van der Waals surface area contributed by atoms with Crippen molar-refractivity contribution in [2.24, 2.45) is 0 Å². The Labute approximate surface area is 175 Å². The molecular weight excluding hydrogens is 384 g/mol. The first-order valence-electron chi connectivity index (χ1n) is 9.97. The van der Waals surface area contributed by atoms with E-state index in [9.17, 15) is 4.79 Å². The number of aryl methyl sites for hydroxylation is 2. The number of carbonyl (C=O) groups excluding carboxylic acids is 1. The number of hydrogen-bond acceptors (Lipinski definition) is 5. The van der Waals surface area contributed by atoms with Gasteiger partial charge in [-0.25, -0.2) is 4.98 Å². The van der Waals surface area contributed by atoms with Gasteiger partial charge in [-0.2, -0.15) is 0 Å². The minimum atomic E-state index is 0.0408. The molecule has 1 amide bonds. The Kier molecular flexibility index (Phi) is 5.83. The monoisotopic (exact) mass is 410 g/mol. The number of anilines is 1. The molecule has 0 spiro atoms. The van der Waals surface area contributed by atoms with E-state index in [0.717, 1.165) is 46.1 Å². The number of hydrogen-bond donors (Lipinski definition) is 0. The SMILES string of the molecule is COc1ccc(CC(=O)N(C[C@@H]2CCCO2)c2nc3c(C)c(C)ccc3s2)cc1. The number of thiazole rings is 1. The van der Waals surface area contributed by atoms with Crippen LogP contribution in [-0.2, 0) is 16.0 Å². The topological polar surface area (TPSA) is 51.7 Å². The smallest absolute Gasteiger partial charge is 0.233 e. The summed E-state index contributed by atoms with van der Waals surface area (Å²) in [5, 5.41) is 0.753. The second-order valence-electron chi connectivity index (χ2n) is 7.51. The van der Waals surface area contributed by atoms with Crippen LogP contribution < -0.4 is 9.64 Å². The zero-order valence-electron chi connectivity index (χ0n) is 17.1. The molecule has 0 aliphatic carbocycles. The molecule has 29 heavy (non-hydrogen) atoms. The van der Waals surface area contributed by atoms with E-state index in [4.69, 9.17) is 14.5 Å². The van der Waals surface area contributed by atoms with Crippen LogP contribution in [0.25, 0.3) is 10.2 Å². The molecule has 1 fully saturated rings. The highest BCUT2D eigenvalue weighted by molar-refractivity contribution is 7.22. The van der Waals surface area contributed by atoms with Gasteiger partial charge in [0.2, 0.25) is 5.91 Å². The molecule has 0 saturated carbocycles. The van der Waals surface area contributed by atoms with Crippen LogP contribution in [0.5, 0.6) is 5.75 Å². The number of carbonyl (C=O) groups is 1. The summed E-state index contributed by atoms with van der Waals surface area (Å²) in [6, 6.07) is 11.9. The Morgan fingerprint density at radius 3 is 2.72 bits per heavy atom. The average Bonchev–Trinajstić information content (AvgIpc) is 3.39. The molecule has 6 heteroatoms. The summed E-state index contributed by atoms with van der Waals surface area (Å²) >= 11 is 1.58. The lowest BCUT2D eigenvalue weighted by Crippen LogP contribution is -2.38. The normalized spacial score (nSPS) is 16.3. The number of fused-ring (bicyclic) bond motifs is 1. The summed E-state index contributed by atoms with van der Waals surface area (Å²) in [6.07, 6.45) is 2.42. The van der Waals surface area contributed by atoms with Gasteiger partial charge in [0, 0.05) is 6.61 Å². The summed E-state index contributed by atoms with van der Waals surface area (Å²) in [5.74, 6) is 0.827. The van der Waals surface area contributed by atoms with E-state index < -0.39 is 0 Å². The largest absolute Gasteiger partial charge is 0.497 e. The van der Waals surface area contributed by atoms with Crippen LogP contribution in [-0.4, -0.2) is 37.3 Å². The maximum Gasteiger partial charge on any atom is 0.233 e. The number of aromatic nitrogens is 1. The predicted octanol–water partition coefficient (Wildman–Crippen LogP) is 4.68. The molecule has 0 radical (unpaired) electrons. The summed E-state index contributed by atoms with van der Waals surface area (Å²) in [6.45, 7) is 5.49. The molecule has 0 N–H and O–H groups in total. The highest BCUT2D eigenvalue weighted by Crippen LogP contribution is 2.33. The highest BCUT2D eigenvalue weighted by atomic mass is 32.1. The van der Waals surface area contributed by atoms with Crippen molar-refractivity contribution in [3.8, 4) is 5.75 Å². The van der Waals surface area contributed by atoms with Gasteiger partial charge < -0.3 is 9.47 Å². The van der Waals surface area contributed by atoms with Gasteiger partial charge in [0.15, 0.2) is 5.13 Å². The predicted molar refractivity (Wildman–Crippen MR) is 117 cm³/mol. The van der Waals surface area contributed by atoms with Crippen molar-refractivity contribution in [3.05, 3.63) is 53.1 Å². The van der Waals surface area contributed by atoms with Crippen molar-refractivity contribution in [2.75, 3.05) is 25.2 Å². The zero-order valence-corrected chi connectivity index (χ0v) is 17.9. The number of nitrogens with zero attached hydrogens (tertiary/aromatic N) is 2. The van der Waals surface area contributed by atoms with Crippen LogP contribution in [0.3, 0.4) is 0 Å². The molecule has 4 rings (SSSR count). The third-order valence-corrected chi connectivity index (χ3v) is 6.57. The van der Waals surface area contributed by atoms with E-state index in [1.54, 1.807) is 18.4 Å². The molecule has 1 aliphatic rings. The Balaban J connectivity index is 1.63. The lowest BCUT2D eigenvalue weighted by atomic mass is 10.1. The summed E-state index contributed by atoms with van der Waals surface area (Å²) < 4.78 is 12.1. The molecule has 5 nitrogen and oxygen atoms in total. The van der Waals surface area contributed by atoms with E-state index in [0.29, 0.717) is 13.0 Å². The van der Waals surface area contributed by atoms with Crippen LogP contribution in [0, 0.1) is 13.8 Å². The molecule has 1 saturated heterocycles. The standard InChI is InChI=1S/C23H26N2O3S/c1-15-6-11-20-22(16(15)2)24-23(29-20)25(14-19-5-4-12-28-19)21(26)13-17-7-9-18(27-3)10-8-17/h6-11,19H,4-5,12-14H2,1-3H3/t19-/m0/s1. The number of ether oxygens (including phenoxy) is 2. The Hall–Kier alpha value is -2.44. The first-order chi connectivity index (χ1) is 14.0. The molecule has 152 valence electrons. The van der Waals surface area contributed by atoms with Crippen LogP contribution >= 0.6 is 11.3 Å². The lowest BCUT2D eigenvalue weighted by Gasteiger charge is -2.23. The molecule has 0 bridgehead atoms. The van der Waals surface area contributed by atoms with Crippen molar-refractivity contribution >= 4 is 32.6 Å². The molecule has 2 aromatic carbocycles. The van der Waals surface area contributed by atoms with Crippen molar-refractivity contribution in [3.63, 3.8) is 0 Å². The van der Waals surface area contributed by atoms with Crippen molar-refractivity contribution in [1.29, 1.82) is 0 Å². The Morgan fingerprint density at radius 1 is 1.24 bits per heavy atom. The molecule has 2 heterocycles. The minimum Gasteiger partial charge on any atom is -0.497 e. The van der Waals surface area contributed by atoms with Gasteiger partial charge in [0.25, 0.3) is 0 Å². The Bertz CT molecular complexity index is 1010. The fourth-order valence-corrected chi connectivity index (χ4v) is 4.67. The van der Waals surface area contributed by atoms with Crippen molar-refractivity contribution in [1.82, 2.24) is 4.98 Å². The zero-order chi connectivity index (χ0) is 20.4. The summed E-state index contributed by atoms with van der Waals surface area (Å²) in [7, 11) is 1.64. The maximum absolute atomic E-state index is 13.3. The van der Waals surface area contributed by atoms with Crippen LogP contribution in [0.1, 0.15) is 29.5 Å². The van der Waals surface area contributed by atoms with Gasteiger partial charge in [-0.1, -0.05) is 29.5 Å². The van der Waals surface area contributed by atoms with Crippen LogP contribution in [0.4, 0.5) is 5.13 Å². The van der Waals surface area contributed by atoms with Gasteiger partial charge in [0.1, 0.15) is 5.75 Å². The first kappa shape index (κ1) is 19.9. The van der Waals surface area contributed by atoms with Crippen molar-refractivity contribution in [2.45, 2.75) is 39.2 Å². The van der Waals surface area contributed by atoms with E-state index in [1.165, 1.54) is 11.1 Å². The fourth-order valence-electron chi connectivity index (χ4n) is 3.62. The maximum atomic E-state index is 13.3. The van der Waals surface area contributed by atoms with Crippen molar-refractivity contribution < 1.29 is 14.3 Å². The summed E-state index contributed by atoms with van der Waals surface area (Å²) in [5.41, 5.74) is 4.33. The van der Waals surface area contributed by atoms with Gasteiger partial charge in [-0.15, -0.1) is 0 Å². The Morgan fingerprint density at radius 2 is 2.03 bits per heavy atom. The highest BCUT2D eigenvalue weighted by Gasteiger charge is 2.26. The molecule has 3 aromatic rings. The molecule has 1 atom stereocenters. The minimum absolute atomic E-state index is 0.0408. The second kappa shape index (κ2) is 8.51. The van der Waals surface area contributed by atoms with E-state index in [1.807, 2.05) is 29.2 Å². The van der Waals surface area contributed by atoms with E-state index in [-0.39, 0.29) is 12.0 Å². The fraction of sp³-hybridized carbons (Fsp3) is 0.391. The van der Waals surface area contributed by atoms with Gasteiger partial charge in [-0.05, 0) is 61.6 Å². The average molecular weight is 411 g/mol. The first-order valence-corrected chi connectivity index (χ1v) is 10.8. The lowest BCUT2D eigenvalue weighted by molar-refractivity contribution is -0.118. The second-order valence-corrected chi connectivity index (χ2v) is 8.52. The molecule has 1 aliphatic heterocycles. The van der Waals surface area contributed by atoms with Gasteiger partial charge in [-0.3, -0.25) is 9.69 Å². The number of amides is 1. The molecule has 1 aromatic heterocycles.